The Morgan fingerprint density at radius 3 is 2.17 bits per heavy atom. The first-order valence-electron chi connectivity index (χ1n) is 3.21. The topological polar surface area (TPSA) is 80.8 Å². The fourth-order valence-electron chi connectivity index (χ4n) is 0.832. The van der Waals surface area contributed by atoms with Crippen LogP contribution in [-0.2, 0) is 14.4 Å². The van der Waals surface area contributed by atoms with E-state index in [0.29, 0.717) is 9.80 Å². The number of amides is 3. The molecule has 1 aliphatic heterocycles. The predicted molar refractivity (Wildman–Crippen MR) is 34.3 cm³/mol. The van der Waals surface area contributed by atoms with Gasteiger partial charge in [0.1, 0.15) is 0 Å². The minimum absolute atomic E-state index is 0.542. The Bertz CT molecular complexity index is 262. The number of rotatable bonds is 0. The molecule has 0 radical (unpaired) electrons. The third-order valence-electron chi connectivity index (χ3n) is 1.70. The maximum Gasteiger partial charge on any atom is 0.318 e. The van der Waals surface area contributed by atoms with E-state index in [-0.39, 0.29) is 0 Å². The molecule has 66 valence electrons. The molecular weight excluding hydrogens is 164 g/mol. The zero-order chi connectivity index (χ0) is 9.46. The number of carbonyl (C=O) groups is 3. The lowest BCUT2D eigenvalue weighted by Gasteiger charge is -2.38. The van der Waals surface area contributed by atoms with Crippen molar-refractivity contribution < 1.29 is 19.5 Å². The van der Waals surface area contributed by atoms with Gasteiger partial charge >= 0.3 is 11.8 Å². The summed E-state index contributed by atoms with van der Waals surface area (Å²) in [6.45, 7) is 0. The molecular formula is C6H7N2O4-. The van der Waals surface area contributed by atoms with E-state index in [4.69, 9.17) is 0 Å². The van der Waals surface area contributed by atoms with E-state index in [2.05, 4.69) is 0 Å². The average molecular weight is 171 g/mol. The SMILES string of the molecule is CN1C(=O)C(=O)N(C)C([O-])C1=O. The van der Waals surface area contributed by atoms with Crippen LogP contribution in [0.1, 0.15) is 0 Å². The summed E-state index contributed by atoms with van der Waals surface area (Å²) < 4.78 is 0. The van der Waals surface area contributed by atoms with Crippen LogP contribution in [0.25, 0.3) is 0 Å². The maximum absolute atomic E-state index is 10.9. The number of likely N-dealkylation sites (N-methyl/N-ethyl adjacent to an activating group) is 2. The standard InChI is InChI=1S/C6H7N2O4/c1-7-3(9)5(11)8(2)6(12)4(7)10/h3H,1-2H3/q-1. The van der Waals surface area contributed by atoms with Crippen molar-refractivity contribution >= 4 is 17.7 Å². The van der Waals surface area contributed by atoms with E-state index in [0.717, 1.165) is 14.1 Å². The van der Waals surface area contributed by atoms with Crippen molar-refractivity contribution in [3.8, 4) is 0 Å². The summed E-state index contributed by atoms with van der Waals surface area (Å²) in [6.07, 6.45) is -1.79. The highest BCUT2D eigenvalue weighted by Gasteiger charge is 2.35. The van der Waals surface area contributed by atoms with Crippen molar-refractivity contribution in [2.45, 2.75) is 6.23 Å². The maximum atomic E-state index is 10.9. The van der Waals surface area contributed by atoms with E-state index in [1.165, 1.54) is 0 Å². The first-order chi connectivity index (χ1) is 5.46. The zero-order valence-electron chi connectivity index (χ0n) is 6.60. The molecule has 3 amide bonds. The van der Waals surface area contributed by atoms with E-state index in [1.54, 1.807) is 0 Å². The molecule has 0 aliphatic carbocycles. The lowest BCUT2D eigenvalue weighted by Crippen LogP contribution is -2.64. The van der Waals surface area contributed by atoms with Crippen LogP contribution in [0, 0.1) is 0 Å². The largest absolute Gasteiger partial charge is 0.829 e. The number of imide groups is 1. The first kappa shape index (κ1) is 8.66. The Morgan fingerprint density at radius 1 is 1.17 bits per heavy atom. The average Bonchev–Trinajstić information content (AvgIpc) is 2.08. The second-order valence-corrected chi connectivity index (χ2v) is 2.47. The highest BCUT2D eigenvalue weighted by Crippen LogP contribution is 2.04. The number of carbonyl (C=O) groups excluding carboxylic acids is 3. The predicted octanol–water partition coefficient (Wildman–Crippen LogP) is -2.87. The van der Waals surface area contributed by atoms with Crippen molar-refractivity contribution in [2.75, 3.05) is 14.1 Å². The molecule has 0 saturated carbocycles. The van der Waals surface area contributed by atoms with E-state index < -0.39 is 23.9 Å². The second-order valence-electron chi connectivity index (χ2n) is 2.47. The van der Waals surface area contributed by atoms with Crippen LogP contribution in [-0.4, -0.2) is 47.8 Å². The van der Waals surface area contributed by atoms with Gasteiger partial charge in [-0.2, -0.15) is 0 Å². The van der Waals surface area contributed by atoms with Gasteiger partial charge in [-0.05, 0) is 0 Å². The molecule has 1 aliphatic rings. The van der Waals surface area contributed by atoms with Crippen molar-refractivity contribution in [1.82, 2.24) is 9.80 Å². The van der Waals surface area contributed by atoms with Crippen LogP contribution in [0.3, 0.4) is 0 Å². The van der Waals surface area contributed by atoms with Crippen LogP contribution in [0.15, 0.2) is 0 Å². The molecule has 0 spiro atoms. The summed E-state index contributed by atoms with van der Waals surface area (Å²) in [5, 5.41) is 10.9. The lowest BCUT2D eigenvalue weighted by molar-refractivity contribution is -0.434. The van der Waals surface area contributed by atoms with Crippen molar-refractivity contribution in [3.63, 3.8) is 0 Å². The molecule has 0 aromatic rings. The lowest BCUT2D eigenvalue weighted by atomic mass is 10.3. The van der Waals surface area contributed by atoms with Gasteiger partial charge in [-0.25, -0.2) is 0 Å². The summed E-state index contributed by atoms with van der Waals surface area (Å²) in [7, 11) is 2.24. The summed E-state index contributed by atoms with van der Waals surface area (Å²) in [4.78, 5) is 33.8. The van der Waals surface area contributed by atoms with E-state index >= 15 is 0 Å². The molecule has 0 N–H and O–H groups in total. The number of piperazine rings is 1. The molecule has 1 rings (SSSR count). The van der Waals surface area contributed by atoms with Crippen molar-refractivity contribution in [1.29, 1.82) is 0 Å². The van der Waals surface area contributed by atoms with E-state index in [1.807, 2.05) is 0 Å². The van der Waals surface area contributed by atoms with Gasteiger partial charge < -0.3 is 10.0 Å². The first-order valence-corrected chi connectivity index (χ1v) is 3.21. The number of hydrogen-bond donors (Lipinski definition) is 0. The summed E-state index contributed by atoms with van der Waals surface area (Å²) in [5.74, 6) is -2.81. The van der Waals surface area contributed by atoms with Gasteiger partial charge in [0.25, 0.3) is 0 Å². The summed E-state index contributed by atoms with van der Waals surface area (Å²) >= 11 is 0. The Hall–Kier alpha value is -1.43. The molecule has 0 aromatic carbocycles. The van der Waals surface area contributed by atoms with Gasteiger partial charge in [0.2, 0.25) is 5.91 Å². The van der Waals surface area contributed by atoms with Crippen LogP contribution in [0.4, 0.5) is 0 Å². The summed E-state index contributed by atoms with van der Waals surface area (Å²) in [6, 6.07) is 0. The third-order valence-corrected chi connectivity index (χ3v) is 1.70. The minimum Gasteiger partial charge on any atom is -0.829 e. The molecule has 1 unspecified atom stereocenters. The molecule has 6 nitrogen and oxygen atoms in total. The molecule has 1 heterocycles. The fourth-order valence-corrected chi connectivity index (χ4v) is 0.832. The van der Waals surface area contributed by atoms with Gasteiger partial charge in [0, 0.05) is 20.3 Å². The Balaban J connectivity index is 2.99. The van der Waals surface area contributed by atoms with Crippen LogP contribution < -0.4 is 5.11 Å². The Kier molecular flexibility index (Phi) is 1.85. The number of nitrogens with zero attached hydrogens (tertiary/aromatic N) is 2. The number of hydrogen-bond acceptors (Lipinski definition) is 4. The molecule has 0 bridgehead atoms. The van der Waals surface area contributed by atoms with Gasteiger partial charge in [0.05, 0.1) is 0 Å². The molecule has 1 fully saturated rings. The molecule has 1 atom stereocenters. The molecule has 12 heavy (non-hydrogen) atoms. The van der Waals surface area contributed by atoms with Crippen molar-refractivity contribution in [2.24, 2.45) is 0 Å². The summed E-state index contributed by atoms with van der Waals surface area (Å²) in [5.41, 5.74) is 0. The minimum atomic E-state index is -1.79. The van der Waals surface area contributed by atoms with Gasteiger partial charge in [-0.15, -0.1) is 0 Å². The molecule has 0 aromatic heterocycles. The normalized spacial score (nSPS) is 25.2. The van der Waals surface area contributed by atoms with Crippen LogP contribution in [0.5, 0.6) is 0 Å². The zero-order valence-corrected chi connectivity index (χ0v) is 6.60. The molecule has 1 saturated heterocycles. The fraction of sp³-hybridized carbons (Fsp3) is 0.500. The van der Waals surface area contributed by atoms with Gasteiger partial charge in [-0.3, -0.25) is 19.3 Å². The highest BCUT2D eigenvalue weighted by molar-refractivity contribution is 6.39. The smallest absolute Gasteiger partial charge is 0.318 e. The quantitative estimate of drug-likeness (QED) is 0.290. The van der Waals surface area contributed by atoms with Crippen LogP contribution in [0.2, 0.25) is 0 Å². The third kappa shape index (κ3) is 0.964. The monoisotopic (exact) mass is 171 g/mol. The highest BCUT2D eigenvalue weighted by atomic mass is 16.3. The van der Waals surface area contributed by atoms with E-state index in [9.17, 15) is 19.5 Å². The van der Waals surface area contributed by atoms with Gasteiger partial charge in [-0.1, -0.05) is 0 Å². The van der Waals surface area contributed by atoms with Crippen LogP contribution >= 0.6 is 0 Å². The second kappa shape index (κ2) is 2.56. The van der Waals surface area contributed by atoms with Gasteiger partial charge in [0.15, 0.2) is 0 Å². The molecule has 6 heteroatoms. The van der Waals surface area contributed by atoms with Crippen molar-refractivity contribution in [3.05, 3.63) is 0 Å². The Morgan fingerprint density at radius 2 is 1.67 bits per heavy atom. The Labute approximate surface area is 68.4 Å².